The third-order valence-electron chi connectivity index (χ3n) is 3.78. The summed E-state index contributed by atoms with van der Waals surface area (Å²) >= 11 is 1.72. The van der Waals surface area contributed by atoms with Crippen LogP contribution >= 0.6 is 11.8 Å². The van der Waals surface area contributed by atoms with Gasteiger partial charge in [-0.05, 0) is 26.2 Å². The normalized spacial score (nSPS) is 11.1. The summed E-state index contributed by atoms with van der Waals surface area (Å²) in [5.41, 5.74) is -2.74. The SMILES string of the molecule is CN/C(=C\[N+](=O)[O-])NCCSCc1ccc(CN(C)C)o1.O=C(O)CC(O)(CC(=O)O)C(=O)O.[Bi]. The van der Waals surface area contributed by atoms with Gasteiger partial charge in [0.15, 0.2) is 11.4 Å². The maximum atomic E-state index is 10.3. The average molecular weight is 716 g/mol. The molecule has 0 aliphatic heterocycles. The summed E-state index contributed by atoms with van der Waals surface area (Å²) in [4.78, 5) is 42.4. The Labute approximate surface area is 225 Å². The van der Waals surface area contributed by atoms with Crippen molar-refractivity contribution < 1.29 is 44.2 Å². The minimum atomic E-state index is -2.74. The number of nitro groups is 1. The van der Waals surface area contributed by atoms with Gasteiger partial charge in [0, 0.05) is 45.5 Å². The van der Waals surface area contributed by atoms with Gasteiger partial charge in [0.05, 0.1) is 30.1 Å². The van der Waals surface area contributed by atoms with Gasteiger partial charge in [-0.2, -0.15) is 11.8 Å². The van der Waals surface area contributed by atoms with E-state index in [0.717, 1.165) is 35.8 Å². The van der Waals surface area contributed by atoms with E-state index in [4.69, 9.17) is 24.8 Å². The minimum Gasteiger partial charge on any atom is -0.481 e. The number of aliphatic carboxylic acids is 3. The zero-order chi connectivity index (χ0) is 26.3. The summed E-state index contributed by atoms with van der Waals surface area (Å²) < 4.78 is 5.70. The maximum absolute atomic E-state index is 10.3. The molecule has 0 spiro atoms. The Morgan fingerprint density at radius 2 is 1.71 bits per heavy atom. The molecule has 0 bridgehead atoms. The van der Waals surface area contributed by atoms with Gasteiger partial charge in [0.1, 0.15) is 11.5 Å². The van der Waals surface area contributed by atoms with Crippen molar-refractivity contribution in [3.63, 3.8) is 0 Å². The molecule has 0 atom stereocenters. The van der Waals surface area contributed by atoms with E-state index in [9.17, 15) is 24.5 Å². The van der Waals surface area contributed by atoms with Crippen molar-refractivity contribution in [1.29, 1.82) is 0 Å². The van der Waals surface area contributed by atoms with E-state index in [2.05, 4.69) is 15.5 Å². The first kappa shape index (κ1) is 34.7. The maximum Gasteiger partial charge on any atom is 0.336 e. The molecule has 0 aliphatic rings. The molecule has 3 radical (unpaired) electrons. The molecule has 0 unspecified atom stereocenters. The van der Waals surface area contributed by atoms with Crippen LogP contribution in [0.1, 0.15) is 24.4 Å². The first-order chi connectivity index (χ1) is 15.8. The van der Waals surface area contributed by atoms with Crippen LogP contribution in [0.25, 0.3) is 0 Å². The van der Waals surface area contributed by atoms with Gasteiger partial charge in [-0.1, -0.05) is 0 Å². The van der Waals surface area contributed by atoms with Gasteiger partial charge < -0.3 is 40.4 Å². The average Bonchev–Trinajstić information content (AvgIpc) is 3.12. The predicted octanol–water partition coefficient (Wildman–Crippen LogP) is -0.170. The second-order valence-corrected chi connectivity index (χ2v) is 8.25. The summed E-state index contributed by atoms with van der Waals surface area (Å²) in [5, 5.41) is 49.9. The van der Waals surface area contributed by atoms with Crippen LogP contribution in [-0.2, 0) is 26.7 Å². The fraction of sp³-hybridized carbons (Fsp3) is 0.526. The smallest absolute Gasteiger partial charge is 0.336 e. The van der Waals surface area contributed by atoms with E-state index in [0.29, 0.717) is 12.4 Å². The van der Waals surface area contributed by atoms with Crippen molar-refractivity contribution in [2.75, 3.05) is 33.4 Å². The number of nitrogens with zero attached hydrogens (tertiary/aromatic N) is 2. The molecule has 0 fully saturated rings. The third-order valence-corrected chi connectivity index (χ3v) is 4.77. The number of hydrogen-bond donors (Lipinski definition) is 6. The molecule has 16 heteroatoms. The van der Waals surface area contributed by atoms with Crippen molar-refractivity contribution in [3.05, 3.63) is 45.8 Å². The molecule has 14 nitrogen and oxygen atoms in total. The second kappa shape index (κ2) is 17.9. The molecule has 6 N–H and O–H groups in total. The molecule has 1 aromatic heterocycles. The van der Waals surface area contributed by atoms with E-state index < -0.39 is 41.3 Å². The molecule has 0 aromatic carbocycles. The molecule has 1 heterocycles. The number of carbonyl (C=O) groups is 3. The summed E-state index contributed by atoms with van der Waals surface area (Å²) in [6.07, 6.45) is -1.37. The standard InChI is InChI=1S/C13H22N4O3S.C6H8O7.Bi/c1-14-13(9-17(18)19)15-6-7-21-10-12-5-4-11(20-12)8-16(2)3;7-3(8)1-6(13,5(11)12)2-4(9)10;/h4-5,9,14-15H,6-8,10H2,1-3H3;13H,1-2H2,(H,7,8)(H,9,10)(H,11,12);/b13-9+;;. The van der Waals surface area contributed by atoms with Gasteiger partial charge in [-0.3, -0.25) is 19.7 Å². The first-order valence-corrected chi connectivity index (χ1v) is 10.9. The first-order valence-electron chi connectivity index (χ1n) is 9.75. The number of furan rings is 1. The Hall–Kier alpha value is -2.42. The zero-order valence-electron chi connectivity index (χ0n) is 19.5. The van der Waals surface area contributed by atoms with Crippen LogP contribution in [0.15, 0.2) is 28.6 Å². The van der Waals surface area contributed by atoms with Crippen LogP contribution in [0.2, 0.25) is 0 Å². The number of carboxylic acid groups (broad SMARTS) is 3. The van der Waals surface area contributed by atoms with E-state index in [1.165, 1.54) is 0 Å². The topological polar surface area (TPSA) is 216 Å². The summed E-state index contributed by atoms with van der Waals surface area (Å²) in [6, 6.07) is 3.98. The van der Waals surface area contributed by atoms with Gasteiger partial charge in [0.25, 0.3) is 6.20 Å². The van der Waals surface area contributed by atoms with E-state index in [1.807, 2.05) is 26.2 Å². The van der Waals surface area contributed by atoms with E-state index in [-0.39, 0.29) is 26.2 Å². The van der Waals surface area contributed by atoms with Crippen LogP contribution < -0.4 is 10.6 Å². The molecular weight excluding hydrogens is 685 g/mol. The summed E-state index contributed by atoms with van der Waals surface area (Å²) in [5.74, 6) is -1.07. The van der Waals surface area contributed by atoms with Crippen molar-refractivity contribution in [3.8, 4) is 0 Å². The van der Waals surface area contributed by atoms with Crippen molar-refractivity contribution in [1.82, 2.24) is 15.5 Å². The monoisotopic (exact) mass is 715 g/mol. The van der Waals surface area contributed by atoms with Crippen LogP contribution in [0.4, 0.5) is 0 Å². The van der Waals surface area contributed by atoms with Gasteiger partial charge in [-0.25, -0.2) is 4.79 Å². The quantitative estimate of drug-likeness (QED) is 0.0602. The Morgan fingerprint density at radius 3 is 2.14 bits per heavy atom. The van der Waals surface area contributed by atoms with Gasteiger partial charge >= 0.3 is 17.9 Å². The zero-order valence-corrected chi connectivity index (χ0v) is 23.8. The summed E-state index contributed by atoms with van der Waals surface area (Å²) in [6.45, 7) is 1.44. The number of nitrogens with one attached hydrogen (secondary N) is 2. The van der Waals surface area contributed by atoms with Crippen LogP contribution in [0.5, 0.6) is 0 Å². The number of rotatable bonds is 15. The Bertz CT molecular complexity index is 846. The van der Waals surface area contributed by atoms with E-state index in [1.54, 1.807) is 18.8 Å². The largest absolute Gasteiger partial charge is 0.481 e. The molecule has 0 aliphatic carbocycles. The molecule has 0 saturated heterocycles. The molecular formula is C19H30BiN4O10S. The van der Waals surface area contributed by atoms with Gasteiger partial charge in [0.2, 0.25) is 0 Å². The second-order valence-electron chi connectivity index (χ2n) is 7.14. The van der Waals surface area contributed by atoms with Crippen LogP contribution in [0, 0.1) is 10.1 Å². The van der Waals surface area contributed by atoms with Crippen molar-refractivity contribution >= 4 is 55.9 Å². The van der Waals surface area contributed by atoms with Gasteiger partial charge in [-0.15, -0.1) is 0 Å². The molecule has 0 amide bonds. The fourth-order valence-electron chi connectivity index (χ4n) is 2.35. The Kier molecular flexibility index (Phi) is 17.8. The van der Waals surface area contributed by atoms with Crippen LogP contribution in [-0.4, -0.2) is 113 Å². The van der Waals surface area contributed by atoms with E-state index >= 15 is 0 Å². The Morgan fingerprint density at radius 1 is 1.17 bits per heavy atom. The number of carboxylic acids is 3. The van der Waals surface area contributed by atoms with Crippen molar-refractivity contribution in [2.45, 2.75) is 30.7 Å². The number of thioether (sulfide) groups is 1. The summed E-state index contributed by atoms with van der Waals surface area (Å²) in [7, 11) is 5.64. The minimum absolute atomic E-state index is 0. The number of aliphatic hydroxyl groups is 1. The fourth-order valence-corrected chi connectivity index (χ4v) is 3.09. The van der Waals surface area contributed by atoms with Crippen molar-refractivity contribution in [2.24, 2.45) is 0 Å². The molecule has 35 heavy (non-hydrogen) atoms. The Balaban J connectivity index is 0. The molecule has 1 aromatic rings. The molecule has 1 rings (SSSR count). The predicted molar refractivity (Wildman–Crippen MR) is 127 cm³/mol. The molecule has 0 saturated carbocycles. The number of hydrogen-bond acceptors (Lipinski definition) is 11. The molecule has 197 valence electrons. The van der Waals surface area contributed by atoms with Crippen LogP contribution in [0.3, 0.4) is 0 Å². The third kappa shape index (κ3) is 16.8.